The molecule has 0 fully saturated rings. The van der Waals surface area contributed by atoms with E-state index in [-0.39, 0.29) is 11.3 Å². The monoisotopic (exact) mass is 568 g/mol. The standard InChI is InChI=1S/C24H28N2O3.C4H4O4.C2H4O2/c1-3-14-9-16-11-18(12-17(16)10-15(14)4-2)25-13-22(28)19-5-7-21(27)24-20(19)6-8-23(29)26-24;5-3(6)1-2-4(7)8;1-2(3)4/h5-10,18,22,25,27-28H,3-4,11-13H2,1-2H3,(H,26,29);1-2H,(H,5,6)(H,7,8);1H3,(H,3,4)/t22-;;/m0../s1. The van der Waals surface area contributed by atoms with Gasteiger partial charge in [0.2, 0.25) is 5.56 Å². The van der Waals surface area contributed by atoms with Crippen molar-refractivity contribution in [3.05, 3.63) is 86.7 Å². The molecular weight excluding hydrogens is 532 g/mol. The van der Waals surface area contributed by atoms with E-state index in [9.17, 15) is 24.6 Å². The van der Waals surface area contributed by atoms with Crippen LogP contribution in [0.3, 0.4) is 0 Å². The summed E-state index contributed by atoms with van der Waals surface area (Å²) in [6, 6.07) is 11.3. The van der Waals surface area contributed by atoms with Gasteiger partial charge in [-0.25, -0.2) is 9.59 Å². The predicted octanol–water partition coefficient (Wildman–Crippen LogP) is 2.95. The van der Waals surface area contributed by atoms with Gasteiger partial charge in [0.05, 0.1) is 11.6 Å². The first-order valence-electron chi connectivity index (χ1n) is 13.1. The Morgan fingerprint density at radius 1 is 0.951 bits per heavy atom. The van der Waals surface area contributed by atoms with Gasteiger partial charge in [-0.1, -0.05) is 32.0 Å². The Hall–Kier alpha value is -4.48. The minimum Gasteiger partial charge on any atom is -0.506 e. The van der Waals surface area contributed by atoms with Gasteiger partial charge in [-0.2, -0.15) is 0 Å². The van der Waals surface area contributed by atoms with Crippen molar-refractivity contribution >= 4 is 28.8 Å². The smallest absolute Gasteiger partial charge is 0.328 e. The number of carboxylic acids is 3. The quantitative estimate of drug-likeness (QED) is 0.198. The minimum absolute atomic E-state index is 0.00584. The van der Waals surface area contributed by atoms with Crippen LogP contribution in [0.4, 0.5) is 0 Å². The fourth-order valence-electron chi connectivity index (χ4n) is 4.66. The van der Waals surface area contributed by atoms with Gasteiger partial charge in [0.15, 0.2) is 0 Å². The van der Waals surface area contributed by atoms with Crippen molar-refractivity contribution in [2.24, 2.45) is 0 Å². The van der Waals surface area contributed by atoms with Crippen LogP contribution in [0.5, 0.6) is 5.75 Å². The molecule has 0 spiro atoms. The third kappa shape index (κ3) is 9.89. The van der Waals surface area contributed by atoms with Crippen molar-refractivity contribution in [1.29, 1.82) is 0 Å². The number of aryl methyl sites for hydroxylation is 2. The van der Waals surface area contributed by atoms with Crippen molar-refractivity contribution in [3.63, 3.8) is 0 Å². The van der Waals surface area contributed by atoms with Crippen molar-refractivity contribution in [1.82, 2.24) is 10.3 Å². The van der Waals surface area contributed by atoms with E-state index < -0.39 is 24.0 Å². The Morgan fingerprint density at radius 3 is 1.93 bits per heavy atom. The Bertz CT molecular complexity index is 1420. The van der Waals surface area contributed by atoms with Gasteiger partial charge in [-0.05, 0) is 65.6 Å². The molecule has 0 saturated heterocycles. The molecule has 0 unspecified atom stereocenters. The summed E-state index contributed by atoms with van der Waals surface area (Å²) in [5.74, 6) is -3.34. The summed E-state index contributed by atoms with van der Waals surface area (Å²) in [5.41, 5.74) is 6.49. The maximum absolute atomic E-state index is 11.6. The van der Waals surface area contributed by atoms with Crippen molar-refractivity contribution < 1.29 is 39.9 Å². The molecule has 1 aromatic heterocycles. The molecule has 0 radical (unpaired) electrons. The molecule has 7 N–H and O–H groups in total. The van der Waals surface area contributed by atoms with Gasteiger partial charge in [-0.3, -0.25) is 9.59 Å². The topological polar surface area (TPSA) is 197 Å². The Labute approximate surface area is 236 Å². The number of fused-ring (bicyclic) bond motifs is 2. The van der Waals surface area contributed by atoms with Crippen molar-refractivity contribution in [2.75, 3.05) is 6.54 Å². The molecule has 4 rings (SSSR count). The summed E-state index contributed by atoms with van der Waals surface area (Å²) < 4.78 is 0. The number of aliphatic hydroxyl groups is 1. The van der Waals surface area contributed by atoms with E-state index in [1.54, 1.807) is 12.1 Å². The van der Waals surface area contributed by atoms with Crippen LogP contribution in [0.25, 0.3) is 10.9 Å². The van der Waals surface area contributed by atoms with Gasteiger partial charge in [-0.15, -0.1) is 0 Å². The molecule has 1 aliphatic carbocycles. The number of phenols is 1. The number of aromatic hydroxyl groups is 1. The van der Waals surface area contributed by atoms with Gasteiger partial charge in [0, 0.05) is 43.1 Å². The zero-order valence-corrected chi connectivity index (χ0v) is 23.2. The Kier molecular flexibility index (Phi) is 12.2. The third-order valence-electron chi connectivity index (χ3n) is 6.45. The second-order valence-corrected chi connectivity index (χ2v) is 9.44. The Morgan fingerprint density at radius 2 is 1.46 bits per heavy atom. The maximum atomic E-state index is 11.6. The number of pyridine rings is 1. The molecule has 1 aliphatic rings. The lowest BCUT2D eigenvalue weighted by Gasteiger charge is -2.18. The summed E-state index contributed by atoms with van der Waals surface area (Å²) in [6.45, 7) is 5.91. The SMILES string of the molecule is CC(=O)O.CCc1cc2c(cc1CC)CC(NC[C@H](O)c1ccc(O)c3[nH]c(=O)ccc13)C2.O=C(O)C=CC(=O)O. The van der Waals surface area contributed by atoms with Crippen LogP contribution in [0.2, 0.25) is 0 Å². The molecule has 1 heterocycles. The fraction of sp³-hybridized carbons (Fsp3) is 0.333. The highest BCUT2D eigenvalue weighted by Crippen LogP contribution is 2.30. The van der Waals surface area contributed by atoms with E-state index in [0.29, 0.717) is 41.2 Å². The first-order chi connectivity index (χ1) is 19.4. The number of hydrogen-bond acceptors (Lipinski definition) is 7. The van der Waals surface area contributed by atoms with Crippen LogP contribution >= 0.6 is 0 Å². The average molecular weight is 569 g/mol. The number of aromatic amines is 1. The maximum Gasteiger partial charge on any atom is 0.328 e. The molecule has 0 aliphatic heterocycles. The Balaban J connectivity index is 0.000000414. The van der Waals surface area contributed by atoms with E-state index >= 15 is 0 Å². The van der Waals surface area contributed by atoms with Crippen LogP contribution in [-0.2, 0) is 40.1 Å². The molecule has 1 atom stereocenters. The average Bonchev–Trinajstić information content (AvgIpc) is 3.32. The van der Waals surface area contributed by atoms with E-state index in [1.165, 1.54) is 34.4 Å². The molecule has 3 aromatic rings. The number of rotatable bonds is 8. The molecule has 0 saturated carbocycles. The van der Waals surface area contributed by atoms with Gasteiger partial charge in [0.25, 0.3) is 5.97 Å². The van der Waals surface area contributed by atoms with E-state index in [4.69, 9.17) is 20.1 Å². The molecule has 220 valence electrons. The first-order valence-corrected chi connectivity index (χ1v) is 13.1. The molecule has 0 amide bonds. The minimum atomic E-state index is -1.26. The van der Waals surface area contributed by atoms with Crippen molar-refractivity contribution in [2.45, 2.75) is 58.6 Å². The second-order valence-electron chi connectivity index (χ2n) is 9.44. The number of phenolic OH excluding ortho intramolecular Hbond substituents is 1. The lowest BCUT2D eigenvalue weighted by atomic mass is 9.97. The van der Waals surface area contributed by atoms with E-state index in [0.717, 1.165) is 32.6 Å². The number of carbonyl (C=O) groups is 3. The summed E-state index contributed by atoms with van der Waals surface area (Å²) in [7, 11) is 0. The second kappa shape index (κ2) is 15.3. The molecular formula is C30H36N2O9. The summed E-state index contributed by atoms with van der Waals surface area (Å²) in [4.78, 5) is 42.3. The number of aromatic nitrogens is 1. The first kappa shape index (κ1) is 32.7. The van der Waals surface area contributed by atoms with Crippen LogP contribution in [0, 0.1) is 0 Å². The summed E-state index contributed by atoms with van der Waals surface area (Å²) >= 11 is 0. The van der Waals surface area contributed by atoms with Gasteiger partial charge < -0.3 is 35.8 Å². The molecule has 2 aromatic carbocycles. The van der Waals surface area contributed by atoms with Crippen LogP contribution in [-0.4, -0.2) is 61.0 Å². The number of aliphatic hydroxyl groups excluding tert-OH is 1. The fourth-order valence-corrected chi connectivity index (χ4v) is 4.66. The summed E-state index contributed by atoms with van der Waals surface area (Å²) in [5, 5.41) is 48.0. The van der Waals surface area contributed by atoms with E-state index in [2.05, 4.69) is 36.3 Å². The predicted molar refractivity (Wildman–Crippen MR) is 153 cm³/mol. The van der Waals surface area contributed by atoms with Crippen LogP contribution in [0.1, 0.15) is 54.7 Å². The lowest BCUT2D eigenvalue weighted by molar-refractivity contribution is -0.134. The third-order valence-corrected chi connectivity index (χ3v) is 6.45. The zero-order valence-electron chi connectivity index (χ0n) is 23.2. The number of hydrogen-bond donors (Lipinski definition) is 7. The number of nitrogens with one attached hydrogen (secondary N) is 2. The molecule has 0 bridgehead atoms. The molecule has 41 heavy (non-hydrogen) atoms. The number of H-pyrrole nitrogens is 1. The van der Waals surface area contributed by atoms with Crippen LogP contribution < -0.4 is 10.9 Å². The molecule has 11 nitrogen and oxygen atoms in total. The number of carboxylic acid groups (broad SMARTS) is 3. The van der Waals surface area contributed by atoms with Gasteiger partial charge >= 0.3 is 11.9 Å². The van der Waals surface area contributed by atoms with Crippen molar-refractivity contribution in [3.8, 4) is 5.75 Å². The highest BCUT2D eigenvalue weighted by molar-refractivity contribution is 5.89. The van der Waals surface area contributed by atoms with Crippen LogP contribution in [0.15, 0.2) is 53.3 Å². The van der Waals surface area contributed by atoms with E-state index in [1.807, 2.05) is 0 Å². The lowest BCUT2D eigenvalue weighted by Crippen LogP contribution is -2.33. The van der Waals surface area contributed by atoms with Gasteiger partial charge in [0.1, 0.15) is 5.75 Å². The highest BCUT2D eigenvalue weighted by Gasteiger charge is 2.24. The number of aliphatic carboxylic acids is 3. The largest absolute Gasteiger partial charge is 0.506 e. The molecule has 11 heteroatoms. The zero-order chi connectivity index (χ0) is 30.7. The summed E-state index contributed by atoms with van der Waals surface area (Å²) in [6.07, 6.45) is 4.45. The number of benzene rings is 2. The highest BCUT2D eigenvalue weighted by atomic mass is 16.4. The normalized spacial score (nSPS) is 13.1.